The fraction of sp³-hybridized carbons (Fsp3) is 0.500. The second kappa shape index (κ2) is 7.53. The van der Waals surface area contributed by atoms with E-state index in [1.165, 1.54) is 0 Å². The van der Waals surface area contributed by atoms with Crippen molar-refractivity contribution in [3.8, 4) is 24.7 Å². The van der Waals surface area contributed by atoms with E-state index in [0.717, 1.165) is 13.2 Å². The Morgan fingerprint density at radius 1 is 1.15 bits per heavy atom. The molecule has 0 aromatic heterocycles. The highest BCUT2D eigenvalue weighted by molar-refractivity contribution is 7.86. The largest absolute Gasteiger partial charge is 0.452 e. The van der Waals surface area contributed by atoms with Gasteiger partial charge in [-0.25, -0.2) is 4.79 Å². The van der Waals surface area contributed by atoms with Crippen LogP contribution in [0.3, 0.4) is 0 Å². The van der Waals surface area contributed by atoms with Crippen molar-refractivity contribution >= 4 is 22.1 Å². The van der Waals surface area contributed by atoms with E-state index in [1.807, 2.05) is 5.92 Å². The van der Waals surface area contributed by atoms with Gasteiger partial charge in [0.05, 0.1) is 12.7 Å². The van der Waals surface area contributed by atoms with Crippen LogP contribution in [0.5, 0.6) is 0 Å². The van der Waals surface area contributed by atoms with Gasteiger partial charge >= 0.3 is 11.9 Å². The van der Waals surface area contributed by atoms with Gasteiger partial charge in [0.2, 0.25) is 0 Å². The van der Waals surface area contributed by atoms with Gasteiger partial charge in [0.25, 0.3) is 10.1 Å². The lowest BCUT2D eigenvalue weighted by Crippen LogP contribution is -2.44. The number of hydrogen-bond acceptors (Lipinski definition) is 7. The predicted octanol–water partition coefficient (Wildman–Crippen LogP) is -0.536. The van der Waals surface area contributed by atoms with Gasteiger partial charge in [0.1, 0.15) is 0 Å². The summed E-state index contributed by atoms with van der Waals surface area (Å²) >= 11 is 0. The third kappa shape index (κ3) is 6.78. The average Bonchev–Trinajstić information content (AvgIpc) is 2.30. The zero-order valence-corrected chi connectivity index (χ0v) is 11.9. The van der Waals surface area contributed by atoms with Crippen molar-refractivity contribution in [2.45, 2.75) is 18.9 Å². The lowest BCUT2D eigenvalue weighted by atomic mass is 10.0. The quantitative estimate of drug-likeness (QED) is 0.354. The highest BCUT2D eigenvalue weighted by Crippen LogP contribution is 2.21. The Morgan fingerprint density at radius 2 is 1.65 bits per heavy atom. The van der Waals surface area contributed by atoms with Crippen molar-refractivity contribution in [1.82, 2.24) is 0 Å². The molecule has 0 spiro atoms. The number of rotatable bonds is 7. The van der Waals surface area contributed by atoms with Crippen molar-refractivity contribution < 1.29 is 31.7 Å². The molecule has 0 N–H and O–H groups in total. The molecule has 20 heavy (non-hydrogen) atoms. The maximum absolute atomic E-state index is 11.8. The molecule has 1 atom stereocenters. The Morgan fingerprint density at radius 3 is 2.10 bits per heavy atom. The maximum Gasteiger partial charge on any atom is 0.341 e. The Hall–Kier alpha value is -2.03. The Balaban J connectivity index is 5.07. The van der Waals surface area contributed by atoms with Crippen LogP contribution in [0.1, 0.15) is 13.3 Å². The van der Waals surface area contributed by atoms with E-state index in [2.05, 4.69) is 19.6 Å². The standard InChI is InChI=1S/C12H14O7S/c1-5-7-17-10(13)9-12(3,19-20(4,15)16)11(14)18-8-6-2/h1-2H,7-9H2,3-4H3. The third-order valence-electron chi connectivity index (χ3n) is 1.85. The summed E-state index contributed by atoms with van der Waals surface area (Å²) in [6, 6.07) is 0. The van der Waals surface area contributed by atoms with Gasteiger partial charge in [-0.3, -0.25) is 8.98 Å². The van der Waals surface area contributed by atoms with Crippen LogP contribution in [-0.4, -0.2) is 45.4 Å². The highest BCUT2D eigenvalue weighted by atomic mass is 32.2. The van der Waals surface area contributed by atoms with E-state index in [9.17, 15) is 18.0 Å². The molecule has 0 rings (SSSR count). The summed E-state index contributed by atoms with van der Waals surface area (Å²) in [5.41, 5.74) is -2.07. The van der Waals surface area contributed by atoms with Crippen molar-refractivity contribution in [3.05, 3.63) is 0 Å². The number of carbonyl (C=O) groups is 2. The summed E-state index contributed by atoms with van der Waals surface area (Å²) in [6.45, 7) is 0.373. The molecule has 110 valence electrons. The van der Waals surface area contributed by atoms with Gasteiger partial charge in [0.15, 0.2) is 18.8 Å². The van der Waals surface area contributed by atoms with Gasteiger partial charge in [-0.2, -0.15) is 8.42 Å². The number of carbonyl (C=O) groups excluding carboxylic acids is 2. The van der Waals surface area contributed by atoms with Crippen molar-refractivity contribution in [2.75, 3.05) is 19.5 Å². The summed E-state index contributed by atoms with van der Waals surface area (Å²) in [6.07, 6.45) is 9.85. The first-order chi connectivity index (χ1) is 9.14. The van der Waals surface area contributed by atoms with Crippen LogP contribution in [0.25, 0.3) is 0 Å². The Bertz CT molecular complexity index is 549. The minimum Gasteiger partial charge on any atom is -0.452 e. The molecule has 0 amide bonds. The van der Waals surface area contributed by atoms with Crippen LogP contribution in [0.2, 0.25) is 0 Å². The molecule has 7 nitrogen and oxygen atoms in total. The van der Waals surface area contributed by atoms with Crippen LogP contribution in [0, 0.1) is 24.7 Å². The van der Waals surface area contributed by atoms with Crippen LogP contribution in [-0.2, 0) is 33.4 Å². The average molecular weight is 302 g/mol. The topological polar surface area (TPSA) is 96.0 Å². The van der Waals surface area contributed by atoms with Gasteiger partial charge in [0, 0.05) is 0 Å². The Kier molecular flexibility index (Phi) is 6.77. The molecule has 0 saturated carbocycles. The molecule has 0 saturated heterocycles. The molecule has 0 radical (unpaired) electrons. The molecule has 1 unspecified atom stereocenters. The third-order valence-corrected chi connectivity index (χ3v) is 2.52. The van der Waals surface area contributed by atoms with Gasteiger partial charge in [-0.1, -0.05) is 11.8 Å². The second-order valence-corrected chi connectivity index (χ2v) is 5.42. The van der Waals surface area contributed by atoms with Crippen molar-refractivity contribution in [2.24, 2.45) is 0 Å². The van der Waals surface area contributed by atoms with Crippen LogP contribution < -0.4 is 0 Å². The zero-order valence-electron chi connectivity index (χ0n) is 11.0. The van der Waals surface area contributed by atoms with Crippen LogP contribution >= 0.6 is 0 Å². The lowest BCUT2D eigenvalue weighted by Gasteiger charge is -2.24. The highest BCUT2D eigenvalue weighted by Gasteiger charge is 2.42. The molecular weight excluding hydrogens is 288 g/mol. The molecule has 0 aliphatic heterocycles. The van der Waals surface area contributed by atoms with Crippen molar-refractivity contribution in [3.63, 3.8) is 0 Å². The lowest BCUT2D eigenvalue weighted by molar-refractivity contribution is -0.165. The summed E-state index contributed by atoms with van der Waals surface area (Å²) in [4.78, 5) is 23.2. The molecule has 0 aromatic rings. The van der Waals surface area contributed by atoms with Crippen LogP contribution in [0.4, 0.5) is 0 Å². The molecule has 0 fully saturated rings. The van der Waals surface area contributed by atoms with E-state index in [1.54, 1.807) is 0 Å². The summed E-state index contributed by atoms with van der Waals surface area (Å²) in [7, 11) is -4.02. The number of esters is 2. The van der Waals surface area contributed by atoms with E-state index < -0.39 is 34.1 Å². The molecule has 0 bridgehead atoms. The van der Waals surface area contributed by atoms with E-state index in [-0.39, 0.29) is 13.2 Å². The number of ether oxygens (including phenoxy) is 2. The fourth-order valence-corrected chi connectivity index (χ4v) is 1.97. The molecule has 0 aliphatic rings. The summed E-state index contributed by atoms with van der Waals surface area (Å²) < 4.78 is 36.1. The minimum absolute atomic E-state index is 0.312. The zero-order chi connectivity index (χ0) is 15.8. The smallest absolute Gasteiger partial charge is 0.341 e. The number of hydrogen-bond donors (Lipinski definition) is 0. The van der Waals surface area contributed by atoms with E-state index in [4.69, 9.17) is 12.8 Å². The SMILES string of the molecule is C#CCOC(=O)CC(C)(OS(C)(=O)=O)C(=O)OCC#C. The molecule has 8 heteroatoms. The van der Waals surface area contributed by atoms with E-state index in [0.29, 0.717) is 0 Å². The fourth-order valence-electron chi connectivity index (χ4n) is 1.18. The van der Waals surface area contributed by atoms with Crippen molar-refractivity contribution in [1.29, 1.82) is 0 Å². The normalized spacial score (nSPS) is 13.4. The van der Waals surface area contributed by atoms with Gasteiger partial charge in [-0.15, -0.1) is 12.8 Å². The minimum atomic E-state index is -4.02. The molecule has 0 heterocycles. The molecule has 0 aliphatic carbocycles. The maximum atomic E-state index is 11.8. The number of terminal acetylenes is 2. The van der Waals surface area contributed by atoms with Gasteiger partial charge in [-0.05, 0) is 6.92 Å². The first kappa shape index (κ1) is 18.0. The summed E-state index contributed by atoms with van der Waals surface area (Å²) in [5, 5.41) is 0. The second-order valence-electron chi connectivity index (χ2n) is 3.84. The first-order valence-corrected chi connectivity index (χ1v) is 7.06. The molecular formula is C12H14O7S. The predicted molar refractivity (Wildman–Crippen MR) is 68.5 cm³/mol. The molecule has 0 aromatic carbocycles. The van der Waals surface area contributed by atoms with Crippen LogP contribution in [0.15, 0.2) is 0 Å². The van der Waals surface area contributed by atoms with E-state index >= 15 is 0 Å². The van der Waals surface area contributed by atoms with Gasteiger partial charge < -0.3 is 9.47 Å². The first-order valence-electron chi connectivity index (χ1n) is 5.25. The monoisotopic (exact) mass is 302 g/mol. The Labute approximate surface area is 117 Å². The summed E-state index contributed by atoms with van der Waals surface area (Å²) in [5.74, 6) is 2.07.